The van der Waals surface area contributed by atoms with Crippen molar-refractivity contribution in [3.8, 4) is 17.2 Å². The minimum Gasteiger partial charge on any atom is -0.478 e. The van der Waals surface area contributed by atoms with Gasteiger partial charge in [0.25, 0.3) is 0 Å². The molecule has 0 saturated carbocycles. The molecule has 9 heteroatoms. The Morgan fingerprint density at radius 2 is 1.86 bits per heavy atom. The van der Waals surface area contributed by atoms with Gasteiger partial charge in [-0.2, -0.15) is 0 Å². The number of hydrogen-bond donors (Lipinski definition) is 2. The number of thiocarbonyl (C=S) groups is 1. The Balaban J connectivity index is 1.51. The number of nitrogens with one attached hydrogen (secondary N) is 1. The van der Waals surface area contributed by atoms with Crippen LogP contribution in [0.5, 0.6) is 11.5 Å². The van der Waals surface area contributed by atoms with Crippen molar-refractivity contribution in [1.29, 1.82) is 0 Å². The highest BCUT2D eigenvalue weighted by molar-refractivity contribution is 7.80. The summed E-state index contributed by atoms with van der Waals surface area (Å²) in [4.78, 5) is 18.4. The van der Waals surface area contributed by atoms with E-state index in [4.69, 9.17) is 21.7 Å². The molecule has 2 aromatic carbocycles. The Labute approximate surface area is 219 Å². The molecule has 2 atom stereocenters. The topological polar surface area (TPSA) is 88.9 Å². The maximum Gasteiger partial charge on any atom is 0.335 e. The second kappa shape index (κ2) is 8.94. The van der Waals surface area contributed by atoms with Gasteiger partial charge in [-0.05, 0) is 80.2 Å². The summed E-state index contributed by atoms with van der Waals surface area (Å²) in [6.45, 7) is 4.26. The molecule has 2 aromatic heterocycles. The smallest absolute Gasteiger partial charge is 0.335 e. The van der Waals surface area contributed by atoms with Crippen molar-refractivity contribution in [2.45, 2.75) is 25.9 Å². The SMILES string of the molecule is Cc1cc(C2C(c3ccccn3)NC(=S)N2c2ccc3c(c2)OCO3)c(C)n1-c1cccc(C(=O)O)c1. The summed E-state index contributed by atoms with van der Waals surface area (Å²) >= 11 is 5.87. The molecule has 186 valence electrons. The summed E-state index contributed by atoms with van der Waals surface area (Å²) < 4.78 is 13.2. The number of nitrogens with zero attached hydrogens (tertiary/aromatic N) is 3. The van der Waals surface area contributed by atoms with Crippen molar-refractivity contribution in [2.75, 3.05) is 11.7 Å². The molecule has 6 rings (SSSR count). The summed E-state index contributed by atoms with van der Waals surface area (Å²) in [7, 11) is 0. The molecule has 0 radical (unpaired) electrons. The lowest BCUT2D eigenvalue weighted by Crippen LogP contribution is -2.29. The van der Waals surface area contributed by atoms with Crippen molar-refractivity contribution in [2.24, 2.45) is 0 Å². The number of aromatic nitrogens is 2. The first-order valence-corrected chi connectivity index (χ1v) is 12.3. The fraction of sp³-hybridized carbons (Fsp3) is 0.179. The molecule has 37 heavy (non-hydrogen) atoms. The van der Waals surface area contributed by atoms with E-state index < -0.39 is 5.97 Å². The van der Waals surface area contributed by atoms with Crippen LogP contribution in [0.1, 0.15) is 45.1 Å². The van der Waals surface area contributed by atoms with Crippen LogP contribution in [0.4, 0.5) is 5.69 Å². The summed E-state index contributed by atoms with van der Waals surface area (Å²) in [5, 5.41) is 13.6. The molecule has 2 aliphatic heterocycles. The molecule has 4 heterocycles. The largest absolute Gasteiger partial charge is 0.478 e. The van der Waals surface area contributed by atoms with E-state index in [1.165, 1.54) is 0 Å². The third kappa shape index (κ3) is 3.88. The van der Waals surface area contributed by atoms with E-state index in [1.54, 1.807) is 24.4 Å². The lowest BCUT2D eigenvalue weighted by atomic mass is 9.96. The zero-order chi connectivity index (χ0) is 25.7. The van der Waals surface area contributed by atoms with Crippen LogP contribution >= 0.6 is 12.2 Å². The predicted molar refractivity (Wildman–Crippen MR) is 143 cm³/mol. The highest BCUT2D eigenvalue weighted by Gasteiger charge is 2.42. The highest BCUT2D eigenvalue weighted by Crippen LogP contribution is 2.46. The van der Waals surface area contributed by atoms with Crippen LogP contribution in [0, 0.1) is 13.8 Å². The zero-order valence-corrected chi connectivity index (χ0v) is 21.0. The molecule has 2 N–H and O–H groups in total. The number of carboxylic acids is 1. The first-order chi connectivity index (χ1) is 17.9. The van der Waals surface area contributed by atoms with Crippen LogP contribution in [-0.2, 0) is 0 Å². The number of carbonyl (C=O) groups is 1. The van der Waals surface area contributed by atoms with Gasteiger partial charge in [-0.25, -0.2) is 4.79 Å². The Morgan fingerprint density at radius 1 is 1.03 bits per heavy atom. The Bertz CT molecular complexity index is 1530. The highest BCUT2D eigenvalue weighted by atomic mass is 32.1. The molecular formula is C28H24N4O4S. The molecule has 1 fully saturated rings. The Hall–Kier alpha value is -4.37. The summed E-state index contributed by atoms with van der Waals surface area (Å²) in [6.07, 6.45) is 1.78. The number of carboxylic acid groups (broad SMARTS) is 1. The van der Waals surface area contributed by atoms with Gasteiger partial charge in [0.05, 0.1) is 23.3 Å². The van der Waals surface area contributed by atoms with Crippen LogP contribution in [0.25, 0.3) is 5.69 Å². The number of benzene rings is 2. The number of ether oxygens (including phenoxy) is 2. The van der Waals surface area contributed by atoms with Crippen LogP contribution in [-0.4, -0.2) is 32.5 Å². The van der Waals surface area contributed by atoms with Gasteiger partial charge in [0.15, 0.2) is 16.6 Å². The molecule has 0 bridgehead atoms. The number of aryl methyl sites for hydroxylation is 1. The summed E-state index contributed by atoms with van der Waals surface area (Å²) in [5.41, 5.74) is 5.81. The van der Waals surface area contributed by atoms with E-state index in [1.807, 2.05) is 56.3 Å². The molecule has 2 aliphatic rings. The average Bonchev–Trinajstić information content (AvgIpc) is 3.59. The van der Waals surface area contributed by atoms with Gasteiger partial charge in [-0.1, -0.05) is 12.1 Å². The average molecular weight is 513 g/mol. The van der Waals surface area contributed by atoms with Crippen LogP contribution in [0.2, 0.25) is 0 Å². The fourth-order valence-electron chi connectivity index (χ4n) is 5.25. The monoisotopic (exact) mass is 512 g/mol. The number of pyridine rings is 1. The first kappa shape index (κ1) is 23.1. The molecule has 2 unspecified atom stereocenters. The maximum absolute atomic E-state index is 11.6. The predicted octanol–water partition coefficient (Wildman–Crippen LogP) is 5.09. The normalized spacial score (nSPS) is 18.2. The van der Waals surface area contributed by atoms with Crippen molar-refractivity contribution < 1.29 is 19.4 Å². The van der Waals surface area contributed by atoms with Gasteiger partial charge in [0.1, 0.15) is 0 Å². The third-order valence-corrected chi connectivity index (χ3v) is 7.19. The van der Waals surface area contributed by atoms with E-state index >= 15 is 0 Å². The Morgan fingerprint density at radius 3 is 2.65 bits per heavy atom. The minimum atomic E-state index is -0.959. The standard InChI is InChI=1S/C28H24N4O4S/c1-16-12-21(17(2)31(16)19-7-5-6-18(13-19)27(33)34)26-25(22-8-3-4-11-29-22)30-28(37)32(26)20-9-10-23-24(14-20)36-15-35-23/h3-14,25-26H,15H2,1-2H3,(H,30,37)(H,33,34). The molecule has 1 saturated heterocycles. The third-order valence-electron chi connectivity index (χ3n) is 6.87. The number of fused-ring (bicyclic) bond motifs is 1. The lowest BCUT2D eigenvalue weighted by molar-refractivity contribution is 0.0697. The van der Waals surface area contributed by atoms with E-state index in [2.05, 4.69) is 25.8 Å². The molecule has 0 aliphatic carbocycles. The van der Waals surface area contributed by atoms with Gasteiger partial charge >= 0.3 is 5.97 Å². The maximum atomic E-state index is 11.6. The van der Waals surface area contributed by atoms with E-state index in [0.29, 0.717) is 16.6 Å². The van der Waals surface area contributed by atoms with Gasteiger partial charge in [-0.3, -0.25) is 4.98 Å². The van der Waals surface area contributed by atoms with Crippen LogP contribution < -0.4 is 19.7 Å². The quantitative estimate of drug-likeness (QED) is 0.358. The molecule has 4 aromatic rings. The molecule has 0 spiro atoms. The second-order valence-electron chi connectivity index (χ2n) is 9.05. The van der Waals surface area contributed by atoms with Crippen molar-refractivity contribution in [3.05, 3.63) is 101 Å². The fourth-order valence-corrected chi connectivity index (χ4v) is 5.59. The number of anilines is 1. The second-order valence-corrected chi connectivity index (χ2v) is 9.44. The van der Waals surface area contributed by atoms with Crippen molar-refractivity contribution in [3.63, 3.8) is 0 Å². The van der Waals surface area contributed by atoms with Gasteiger partial charge in [0, 0.05) is 35.0 Å². The number of aromatic carboxylic acids is 1. The molecular weight excluding hydrogens is 488 g/mol. The summed E-state index contributed by atoms with van der Waals surface area (Å²) in [6, 6.07) is 20.3. The van der Waals surface area contributed by atoms with Gasteiger partial charge < -0.3 is 29.4 Å². The lowest BCUT2D eigenvalue weighted by Gasteiger charge is -2.28. The zero-order valence-electron chi connectivity index (χ0n) is 20.2. The van der Waals surface area contributed by atoms with Crippen LogP contribution in [0.3, 0.4) is 0 Å². The summed E-state index contributed by atoms with van der Waals surface area (Å²) in [5.74, 6) is 0.423. The van der Waals surface area contributed by atoms with E-state index in [9.17, 15) is 9.90 Å². The first-order valence-electron chi connectivity index (χ1n) is 11.9. The van der Waals surface area contributed by atoms with E-state index in [0.717, 1.165) is 34.0 Å². The van der Waals surface area contributed by atoms with Gasteiger partial charge in [0.2, 0.25) is 6.79 Å². The van der Waals surface area contributed by atoms with Crippen molar-refractivity contribution in [1.82, 2.24) is 14.9 Å². The number of hydrogen-bond acceptors (Lipinski definition) is 5. The minimum absolute atomic E-state index is 0.192. The Kier molecular flexibility index (Phi) is 5.57. The number of rotatable bonds is 5. The molecule has 0 amide bonds. The molecule has 8 nitrogen and oxygen atoms in total. The van der Waals surface area contributed by atoms with Crippen LogP contribution in [0.15, 0.2) is 72.9 Å². The van der Waals surface area contributed by atoms with E-state index in [-0.39, 0.29) is 24.4 Å². The van der Waals surface area contributed by atoms with Gasteiger partial charge in [-0.15, -0.1) is 0 Å². The van der Waals surface area contributed by atoms with Crippen molar-refractivity contribution >= 4 is 29.0 Å².